The number of hydrogen-bond acceptors (Lipinski definition) is 2. The highest BCUT2D eigenvalue weighted by Gasteiger charge is 2.25. The van der Waals surface area contributed by atoms with Gasteiger partial charge in [0.05, 0.1) is 0 Å². The van der Waals surface area contributed by atoms with Gasteiger partial charge in [0.1, 0.15) is 0 Å². The van der Waals surface area contributed by atoms with Crippen LogP contribution >= 0.6 is 15.9 Å². The first-order valence-corrected chi connectivity index (χ1v) is 7.59. The van der Waals surface area contributed by atoms with Crippen LogP contribution in [0.4, 0.5) is 0 Å². The molecule has 1 heterocycles. The van der Waals surface area contributed by atoms with Crippen molar-refractivity contribution < 1.29 is 0 Å². The number of benzene rings is 1. The van der Waals surface area contributed by atoms with E-state index in [0.29, 0.717) is 0 Å². The molecule has 0 spiro atoms. The van der Waals surface area contributed by atoms with Gasteiger partial charge in [-0.3, -0.25) is 0 Å². The molecule has 0 bridgehead atoms. The summed E-state index contributed by atoms with van der Waals surface area (Å²) in [5.74, 6) is 1.65. The van der Waals surface area contributed by atoms with Crippen molar-refractivity contribution in [2.24, 2.45) is 17.6 Å². The molecule has 18 heavy (non-hydrogen) atoms. The van der Waals surface area contributed by atoms with Crippen molar-refractivity contribution in [2.75, 3.05) is 19.6 Å². The van der Waals surface area contributed by atoms with Gasteiger partial charge in [0, 0.05) is 23.6 Å². The Balaban J connectivity index is 1.86. The van der Waals surface area contributed by atoms with Gasteiger partial charge in [-0.1, -0.05) is 48.0 Å². The maximum Gasteiger partial charge on any atom is 0.0318 e. The summed E-state index contributed by atoms with van der Waals surface area (Å²) < 4.78 is 1.13. The highest BCUT2D eigenvalue weighted by Crippen LogP contribution is 2.26. The zero-order valence-electron chi connectivity index (χ0n) is 11.3. The van der Waals surface area contributed by atoms with Crippen LogP contribution in [-0.4, -0.2) is 24.5 Å². The van der Waals surface area contributed by atoms with E-state index in [1.54, 1.807) is 0 Å². The molecule has 3 unspecified atom stereocenters. The Labute approximate surface area is 119 Å². The molecule has 2 nitrogen and oxygen atoms in total. The molecule has 0 radical (unpaired) electrons. The lowest BCUT2D eigenvalue weighted by Gasteiger charge is -2.19. The minimum atomic E-state index is 0.131. The van der Waals surface area contributed by atoms with Crippen LogP contribution in [0.2, 0.25) is 0 Å². The van der Waals surface area contributed by atoms with Crippen molar-refractivity contribution in [3.8, 4) is 0 Å². The third-order valence-corrected chi connectivity index (χ3v) is 4.85. The van der Waals surface area contributed by atoms with Crippen LogP contribution in [0.5, 0.6) is 0 Å². The van der Waals surface area contributed by atoms with Crippen molar-refractivity contribution in [3.63, 3.8) is 0 Å². The van der Waals surface area contributed by atoms with Crippen molar-refractivity contribution >= 4 is 15.9 Å². The lowest BCUT2D eigenvalue weighted by atomic mass is 10.0. The maximum atomic E-state index is 6.29. The lowest BCUT2D eigenvalue weighted by Crippen LogP contribution is -2.25. The van der Waals surface area contributed by atoms with Crippen LogP contribution in [0.25, 0.3) is 0 Å². The summed E-state index contributed by atoms with van der Waals surface area (Å²) in [4.78, 5) is 2.55. The molecule has 0 aliphatic carbocycles. The standard InChI is InChI=1S/C15H23BrN2/c1-11-9-18(10-12(11)2)8-7-15(17)13-5-3-4-6-14(13)16/h3-6,11-12,15H,7-10,17H2,1-2H3. The minimum Gasteiger partial charge on any atom is -0.324 e. The summed E-state index contributed by atoms with van der Waals surface area (Å²) in [6.45, 7) is 8.25. The summed E-state index contributed by atoms with van der Waals surface area (Å²) >= 11 is 3.58. The number of likely N-dealkylation sites (tertiary alicyclic amines) is 1. The fraction of sp³-hybridized carbons (Fsp3) is 0.600. The second kappa shape index (κ2) is 6.18. The summed E-state index contributed by atoms with van der Waals surface area (Å²) in [5, 5.41) is 0. The van der Waals surface area contributed by atoms with E-state index in [1.165, 1.54) is 18.7 Å². The summed E-state index contributed by atoms with van der Waals surface area (Å²) in [5.41, 5.74) is 7.51. The average molecular weight is 311 g/mol. The van der Waals surface area contributed by atoms with Gasteiger partial charge < -0.3 is 10.6 Å². The van der Waals surface area contributed by atoms with E-state index in [2.05, 4.69) is 52.9 Å². The molecule has 100 valence electrons. The van der Waals surface area contributed by atoms with Gasteiger partial charge in [-0.05, 0) is 36.4 Å². The molecule has 1 fully saturated rings. The van der Waals surface area contributed by atoms with Gasteiger partial charge in [0.25, 0.3) is 0 Å². The van der Waals surface area contributed by atoms with Crippen LogP contribution in [0.3, 0.4) is 0 Å². The number of nitrogens with zero attached hydrogens (tertiary/aromatic N) is 1. The van der Waals surface area contributed by atoms with Crippen molar-refractivity contribution in [1.82, 2.24) is 4.90 Å². The molecule has 1 aromatic carbocycles. The fourth-order valence-electron chi connectivity index (χ4n) is 2.68. The van der Waals surface area contributed by atoms with Crippen LogP contribution < -0.4 is 5.73 Å². The normalized spacial score (nSPS) is 26.4. The first kappa shape index (κ1) is 14.0. The Bertz CT molecular complexity index is 384. The third-order valence-electron chi connectivity index (χ3n) is 4.12. The highest BCUT2D eigenvalue weighted by atomic mass is 79.9. The van der Waals surface area contributed by atoms with E-state index in [0.717, 1.165) is 29.3 Å². The SMILES string of the molecule is CC1CN(CCC(N)c2ccccc2Br)CC1C. The topological polar surface area (TPSA) is 29.3 Å². The monoisotopic (exact) mass is 310 g/mol. The van der Waals surface area contributed by atoms with Gasteiger partial charge in [0.2, 0.25) is 0 Å². The summed E-state index contributed by atoms with van der Waals surface area (Å²) in [7, 11) is 0. The molecule has 2 N–H and O–H groups in total. The quantitative estimate of drug-likeness (QED) is 0.923. The Hall–Kier alpha value is -0.380. The molecule has 1 aliphatic rings. The van der Waals surface area contributed by atoms with Gasteiger partial charge in [-0.2, -0.15) is 0 Å². The molecule has 0 saturated carbocycles. The van der Waals surface area contributed by atoms with Gasteiger partial charge in [-0.15, -0.1) is 0 Å². The van der Waals surface area contributed by atoms with Gasteiger partial charge in [0.15, 0.2) is 0 Å². The number of hydrogen-bond donors (Lipinski definition) is 1. The van der Waals surface area contributed by atoms with Gasteiger partial charge in [-0.25, -0.2) is 0 Å². The zero-order chi connectivity index (χ0) is 13.1. The molecule has 1 saturated heterocycles. The van der Waals surface area contributed by atoms with E-state index in [9.17, 15) is 0 Å². The van der Waals surface area contributed by atoms with E-state index >= 15 is 0 Å². The van der Waals surface area contributed by atoms with Crippen LogP contribution in [0.15, 0.2) is 28.7 Å². The Morgan fingerprint density at radius 2 is 1.89 bits per heavy atom. The summed E-state index contributed by atoms with van der Waals surface area (Å²) in [6, 6.07) is 8.40. The number of nitrogens with two attached hydrogens (primary N) is 1. The van der Waals surface area contributed by atoms with Gasteiger partial charge >= 0.3 is 0 Å². The second-order valence-electron chi connectivity index (χ2n) is 5.63. The van der Waals surface area contributed by atoms with Crippen molar-refractivity contribution in [1.29, 1.82) is 0 Å². The van der Waals surface area contributed by atoms with E-state index < -0.39 is 0 Å². The summed E-state index contributed by atoms with van der Waals surface area (Å²) in [6.07, 6.45) is 1.03. The second-order valence-corrected chi connectivity index (χ2v) is 6.49. The molecule has 1 aromatic rings. The predicted molar refractivity (Wildman–Crippen MR) is 80.5 cm³/mol. The molecule has 0 amide bonds. The molecule has 3 atom stereocenters. The molecule has 2 rings (SSSR count). The molecular formula is C15H23BrN2. The van der Waals surface area contributed by atoms with E-state index in [-0.39, 0.29) is 6.04 Å². The largest absolute Gasteiger partial charge is 0.324 e. The Morgan fingerprint density at radius 1 is 1.28 bits per heavy atom. The third kappa shape index (κ3) is 3.34. The van der Waals surface area contributed by atoms with Crippen LogP contribution in [0.1, 0.15) is 31.9 Å². The minimum absolute atomic E-state index is 0.131. The zero-order valence-corrected chi connectivity index (χ0v) is 12.9. The molecular weight excluding hydrogens is 288 g/mol. The lowest BCUT2D eigenvalue weighted by molar-refractivity contribution is 0.309. The first-order chi connectivity index (χ1) is 8.58. The predicted octanol–water partition coefficient (Wildman–Crippen LogP) is 3.43. The Kier molecular flexibility index (Phi) is 4.82. The van der Waals surface area contributed by atoms with E-state index in [4.69, 9.17) is 5.73 Å². The first-order valence-electron chi connectivity index (χ1n) is 6.80. The van der Waals surface area contributed by atoms with Crippen LogP contribution in [0, 0.1) is 11.8 Å². The smallest absolute Gasteiger partial charge is 0.0318 e. The fourth-order valence-corrected chi connectivity index (χ4v) is 3.26. The maximum absolute atomic E-state index is 6.29. The number of rotatable bonds is 4. The average Bonchev–Trinajstić information content (AvgIpc) is 2.66. The number of halogens is 1. The van der Waals surface area contributed by atoms with Crippen molar-refractivity contribution in [2.45, 2.75) is 26.3 Å². The van der Waals surface area contributed by atoms with Crippen molar-refractivity contribution in [3.05, 3.63) is 34.3 Å². The molecule has 3 heteroatoms. The van der Waals surface area contributed by atoms with E-state index in [1.807, 2.05) is 6.07 Å². The Morgan fingerprint density at radius 3 is 2.50 bits per heavy atom. The molecule has 0 aromatic heterocycles. The highest BCUT2D eigenvalue weighted by molar-refractivity contribution is 9.10. The molecule has 1 aliphatic heterocycles. The van der Waals surface area contributed by atoms with Crippen LogP contribution in [-0.2, 0) is 0 Å².